The van der Waals surface area contributed by atoms with Gasteiger partial charge >= 0.3 is 10.8 Å². The number of aromatic amines is 1. The van der Waals surface area contributed by atoms with Gasteiger partial charge in [0, 0.05) is 18.2 Å². The number of nitrogens with zero attached hydrogens (tertiary/aromatic N) is 1. The minimum Gasteiger partial charge on any atom is -0.481 e. The number of carboxylic acid groups (broad SMARTS) is 1. The number of hydrogen-bond donors (Lipinski definition) is 2. The molecule has 1 aromatic rings. The SMILES string of the molecule is O=C(O)CCCN1C(=O)[C@@H]2[C@@H](C1=O)[C@H]1C[C@@H]2C2=Cc3sc(=O)[nH]c3S[C@H]21. The van der Waals surface area contributed by atoms with Crippen LogP contribution in [0.15, 0.2) is 15.4 Å². The third-order valence-electron chi connectivity index (χ3n) is 6.01. The van der Waals surface area contributed by atoms with Crippen molar-refractivity contribution in [1.82, 2.24) is 9.88 Å². The highest BCUT2D eigenvalue weighted by Crippen LogP contribution is 2.64. The van der Waals surface area contributed by atoms with Gasteiger partial charge in [-0.3, -0.25) is 24.1 Å². The van der Waals surface area contributed by atoms with Crippen molar-refractivity contribution in [2.75, 3.05) is 6.54 Å². The van der Waals surface area contributed by atoms with Crippen LogP contribution in [0.1, 0.15) is 24.1 Å². The van der Waals surface area contributed by atoms with Crippen molar-refractivity contribution in [3.05, 3.63) is 20.1 Å². The average Bonchev–Trinajstić information content (AvgIpc) is 3.28. The third-order valence-corrected chi connectivity index (χ3v) is 8.40. The van der Waals surface area contributed by atoms with Gasteiger partial charge in [-0.25, -0.2) is 0 Å². The van der Waals surface area contributed by atoms with Gasteiger partial charge in [0.2, 0.25) is 11.8 Å². The molecule has 0 spiro atoms. The van der Waals surface area contributed by atoms with Crippen LogP contribution in [0.3, 0.4) is 0 Å². The zero-order valence-corrected chi connectivity index (χ0v) is 15.3. The molecule has 136 valence electrons. The van der Waals surface area contributed by atoms with E-state index in [1.54, 1.807) is 11.8 Å². The van der Waals surface area contributed by atoms with E-state index in [0.717, 1.165) is 16.3 Å². The maximum Gasteiger partial charge on any atom is 0.305 e. The number of fused-ring (bicyclic) bond motifs is 9. The van der Waals surface area contributed by atoms with Crippen molar-refractivity contribution in [2.24, 2.45) is 23.7 Å². The Morgan fingerprint density at radius 1 is 1.27 bits per heavy atom. The summed E-state index contributed by atoms with van der Waals surface area (Å²) >= 11 is 2.79. The number of rotatable bonds is 4. The monoisotopic (exact) mass is 392 g/mol. The van der Waals surface area contributed by atoms with E-state index in [4.69, 9.17) is 5.11 Å². The molecule has 2 amide bonds. The summed E-state index contributed by atoms with van der Waals surface area (Å²) < 4.78 is 0. The van der Waals surface area contributed by atoms with E-state index in [1.165, 1.54) is 21.8 Å². The Bertz CT molecular complexity index is 932. The molecule has 7 nitrogen and oxygen atoms in total. The Hall–Kier alpha value is -1.87. The first kappa shape index (κ1) is 16.3. The summed E-state index contributed by atoms with van der Waals surface area (Å²) in [6.07, 6.45) is 3.14. The summed E-state index contributed by atoms with van der Waals surface area (Å²) in [7, 11) is 0. The molecule has 3 fully saturated rings. The second kappa shape index (κ2) is 5.56. The molecular formula is C17H16N2O5S2. The molecule has 5 atom stereocenters. The van der Waals surface area contributed by atoms with Crippen molar-refractivity contribution in [3.8, 4) is 0 Å². The van der Waals surface area contributed by atoms with Crippen molar-refractivity contribution in [1.29, 1.82) is 0 Å². The van der Waals surface area contributed by atoms with Gasteiger partial charge in [0.25, 0.3) is 0 Å². The number of carboxylic acids is 1. The van der Waals surface area contributed by atoms with Gasteiger partial charge in [-0.1, -0.05) is 28.7 Å². The fraction of sp³-hybridized carbons (Fsp3) is 0.529. The maximum atomic E-state index is 12.9. The first-order chi connectivity index (χ1) is 12.5. The number of H-pyrrole nitrogens is 1. The number of thioether (sulfide) groups is 1. The molecule has 26 heavy (non-hydrogen) atoms. The lowest BCUT2D eigenvalue weighted by Gasteiger charge is -2.32. The number of amides is 2. The van der Waals surface area contributed by atoms with Crippen LogP contribution in [-0.2, 0) is 14.4 Å². The predicted molar refractivity (Wildman–Crippen MR) is 94.7 cm³/mol. The average molecular weight is 392 g/mol. The maximum absolute atomic E-state index is 12.9. The number of nitrogens with one attached hydrogen (secondary N) is 1. The van der Waals surface area contributed by atoms with Crippen LogP contribution < -0.4 is 4.87 Å². The van der Waals surface area contributed by atoms with Crippen LogP contribution in [0.25, 0.3) is 6.08 Å². The molecule has 4 aliphatic rings. The zero-order valence-electron chi connectivity index (χ0n) is 13.6. The summed E-state index contributed by atoms with van der Waals surface area (Å²) in [5, 5.41) is 9.79. The molecule has 2 N–H and O–H groups in total. The normalized spacial score (nSPS) is 33.9. The first-order valence-electron chi connectivity index (χ1n) is 8.64. The summed E-state index contributed by atoms with van der Waals surface area (Å²) in [5.74, 6) is -1.63. The van der Waals surface area contributed by atoms with Crippen molar-refractivity contribution < 1.29 is 19.5 Å². The van der Waals surface area contributed by atoms with Crippen LogP contribution in [0.4, 0.5) is 0 Å². The van der Waals surface area contributed by atoms with E-state index < -0.39 is 5.97 Å². The summed E-state index contributed by atoms with van der Waals surface area (Å²) in [4.78, 5) is 53.0. The molecule has 0 unspecified atom stereocenters. The smallest absolute Gasteiger partial charge is 0.305 e. The fourth-order valence-corrected chi connectivity index (χ4v) is 7.53. The minimum atomic E-state index is -0.919. The number of carbonyl (C=O) groups excluding carboxylic acids is 2. The second-order valence-corrected chi connectivity index (χ2v) is 9.44. The molecule has 0 aromatic carbocycles. The molecule has 2 saturated carbocycles. The standard InChI is InChI=1S/C17H16N2O5S2/c20-10(21)2-1-3-19-15(22)11-6-4-8(12(11)16(19)23)13-7(6)5-9-14(26-13)18-17(24)25-9/h5-6,8,11-13H,1-4H2,(H,18,24)(H,20,21)/t6-,8-,11+,12+,13-/m1/s1. The van der Waals surface area contributed by atoms with Gasteiger partial charge in [0.15, 0.2) is 0 Å². The fourth-order valence-electron chi connectivity index (χ4n) is 5.09. The van der Waals surface area contributed by atoms with Gasteiger partial charge in [0.05, 0.1) is 21.7 Å². The Morgan fingerprint density at radius 3 is 2.81 bits per heavy atom. The summed E-state index contributed by atoms with van der Waals surface area (Å²) in [6, 6.07) is 0. The number of aromatic nitrogens is 1. The Balaban J connectivity index is 1.43. The van der Waals surface area contributed by atoms with Gasteiger partial charge in [-0.05, 0) is 30.8 Å². The molecule has 3 heterocycles. The Morgan fingerprint density at radius 2 is 2.04 bits per heavy atom. The van der Waals surface area contributed by atoms with Crippen molar-refractivity contribution in [2.45, 2.75) is 29.5 Å². The van der Waals surface area contributed by atoms with Gasteiger partial charge in [0.1, 0.15) is 0 Å². The van der Waals surface area contributed by atoms with E-state index in [0.29, 0.717) is 6.42 Å². The minimum absolute atomic E-state index is 0.0452. The van der Waals surface area contributed by atoms with Gasteiger partial charge in [-0.2, -0.15) is 0 Å². The second-order valence-electron chi connectivity index (χ2n) is 7.27. The Labute approximate surface area is 156 Å². The lowest BCUT2D eigenvalue weighted by molar-refractivity contribution is -0.142. The van der Waals surface area contributed by atoms with E-state index >= 15 is 0 Å². The third kappa shape index (κ3) is 2.13. The zero-order chi connectivity index (χ0) is 18.2. The van der Waals surface area contributed by atoms with Crippen LogP contribution in [-0.4, -0.2) is 44.6 Å². The largest absolute Gasteiger partial charge is 0.481 e. The van der Waals surface area contributed by atoms with Crippen LogP contribution in [0.5, 0.6) is 0 Å². The van der Waals surface area contributed by atoms with Gasteiger partial charge < -0.3 is 10.1 Å². The highest BCUT2D eigenvalue weighted by Gasteiger charge is 2.66. The van der Waals surface area contributed by atoms with Crippen LogP contribution >= 0.6 is 23.1 Å². The molecule has 1 saturated heterocycles. The molecule has 2 bridgehead atoms. The quantitative estimate of drug-likeness (QED) is 0.750. The van der Waals surface area contributed by atoms with Crippen molar-refractivity contribution >= 4 is 47.0 Å². The predicted octanol–water partition coefficient (Wildman–Crippen LogP) is 1.41. The van der Waals surface area contributed by atoms with E-state index in [1.807, 2.05) is 6.08 Å². The van der Waals surface area contributed by atoms with E-state index in [-0.39, 0.29) is 58.6 Å². The molecule has 9 heteroatoms. The highest BCUT2D eigenvalue weighted by atomic mass is 32.2. The van der Waals surface area contributed by atoms with Gasteiger partial charge in [-0.15, -0.1) is 0 Å². The molecule has 5 rings (SSSR count). The molecule has 1 aromatic heterocycles. The number of imide groups is 1. The van der Waals surface area contributed by atoms with E-state index in [2.05, 4.69) is 4.98 Å². The number of likely N-dealkylation sites (tertiary alicyclic amines) is 1. The summed E-state index contributed by atoms with van der Waals surface area (Å²) in [5.41, 5.74) is 1.19. The lowest BCUT2D eigenvalue weighted by atomic mass is 9.77. The summed E-state index contributed by atoms with van der Waals surface area (Å²) in [6.45, 7) is 0.188. The molecule has 2 aliphatic carbocycles. The first-order valence-corrected chi connectivity index (χ1v) is 10.3. The molecule has 0 radical (unpaired) electrons. The lowest BCUT2D eigenvalue weighted by Crippen LogP contribution is -2.35. The van der Waals surface area contributed by atoms with E-state index in [9.17, 15) is 19.2 Å². The van der Waals surface area contributed by atoms with Crippen molar-refractivity contribution in [3.63, 3.8) is 0 Å². The Kier molecular flexibility index (Phi) is 3.49. The molecule has 2 aliphatic heterocycles. The highest BCUT2D eigenvalue weighted by molar-refractivity contribution is 8.00. The molecular weight excluding hydrogens is 376 g/mol. The van der Waals surface area contributed by atoms with Crippen LogP contribution in [0, 0.1) is 23.7 Å². The van der Waals surface area contributed by atoms with Crippen LogP contribution in [0.2, 0.25) is 0 Å². The number of hydrogen-bond acceptors (Lipinski definition) is 6. The number of thiazole rings is 1. The number of carbonyl (C=O) groups is 3. The topological polar surface area (TPSA) is 108 Å². The number of aliphatic carboxylic acids is 1.